The van der Waals surface area contributed by atoms with Crippen LogP contribution in [0.1, 0.15) is 19.8 Å². The lowest BCUT2D eigenvalue weighted by Gasteiger charge is -2.32. The van der Waals surface area contributed by atoms with Crippen LogP contribution in [0.5, 0.6) is 0 Å². The molecule has 0 bridgehead atoms. The normalized spacial score (nSPS) is 24.0. The number of hydrogen-bond acceptors (Lipinski definition) is 4. The summed E-state index contributed by atoms with van der Waals surface area (Å²) >= 11 is 0. The fourth-order valence-corrected chi connectivity index (χ4v) is 1.92. The van der Waals surface area contributed by atoms with Gasteiger partial charge in [-0.25, -0.2) is 0 Å². The number of likely N-dealkylation sites (N-methyl/N-ethyl adjacent to an activating group) is 1. The number of ether oxygens (including phenoxy) is 2. The molecule has 0 spiro atoms. The van der Waals surface area contributed by atoms with Crippen molar-refractivity contribution in [2.24, 2.45) is 0 Å². The zero-order chi connectivity index (χ0) is 14.1. The van der Waals surface area contributed by atoms with Crippen molar-refractivity contribution in [2.75, 3.05) is 40.5 Å². The van der Waals surface area contributed by atoms with Gasteiger partial charge in [0.15, 0.2) is 0 Å². The Bertz CT molecular complexity index is 292. The zero-order valence-corrected chi connectivity index (χ0v) is 12.2. The van der Waals surface area contributed by atoms with E-state index in [4.69, 9.17) is 9.47 Å². The Balaban J connectivity index is 2.36. The molecular formula is C14H26N2O3. The van der Waals surface area contributed by atoms with Crippen molar-refractivity contribution in [3.8, 4) is 0 Å². The summed E-state index contributed by atoms with van der Waals surface area (Å²) in [6.45, 7) is 4.68. The highest BCUT2D eigenvalue weighted by molar-refractivity contribution is 5.77. The van der Waals surface area contributed by atoms with Gasteiger partial charge < -0.3 is 19.7 Å². The lowest BCUT2D eigenvalue weighted by Crippen LogP contribution is -2.50. The van der Waals surface area contributed by atoms with Crippen LogP contribution >= 0.6 is 0 Å². The van der Waals surface area contributed by atoms with E-state index in [1.165, 1.54) is 0 Å². The molecule has 1 rings (SSSR count). The highest BCUT2D eigenvalue weighted by Gasteiger charge is 2.27. The van der Waals surface area contributed by atoms with Crippen LogP contribution in [0.2, 0.25) is 0 Å². The van der Waals surface area contributed by atoms with Gasteiger partial charge in [0.1, 0.15) is 6.10 Å². The predicted octanol–water partition coefficient (Wildman–Crippen LogP) is 0.805. The number of amides is 1. The first-order valence-electron chi connectivity index (χ1n) is 6.88. The van der Waals surface area contributed by atoms with Gasteiger partial charge in [-0.3, -0.25) is 4.79 Å². The molecule has 0 aromatic rings. The maximum atomic E-state index is 11.7. The summed E-state index contributed by atoms with van der Waals surface area (Å²) in [7, 11) is 4.02. The minimum atomic E-state index is -0.0387. The maximum Gasteiger partial charge on any atom is 0.224 e. The number of nitrogens with zero attached hydrogens (tertiary/aromatic N) is 1. The quantitative estimate of drug-likeness (QED) is 0.695. The summed E-state index contributed by atoms with van der Waals surface area (Å²) in [6.07, 6.45) is 4.95. The first kappa shape index (κ1) is 16.1. The summed E-state index contributed by atoms with van der Waals surface area (Å²) in [4.78, 5) is 13.8. The third-order valence-corrected chi connectivity index (χ3v) is 3.06. The van der Waals surface area contributed by atoms with Crippen molar-refractivity contribution >= 4 is 5.91 Å². The Morgan fingerprint density at radius 3 is 3.00 bits per heavy atom. The van der Waals surface area contributed by atoms with E-state index in [9.17, 15) is 4.79 Å². The molecule has 0 aromatic carbocycles. The second kappa shape index (κ2) is 9.07. The standard InChI is InChI=1S/C14H26N2O3/c1-4-5-6-14(17)15-12-7-9-18-11-13(12)19-10-8-16(2)3/h4-5,12-13H,6-11H2,1-3H3,(H,15,17)/b5-4+/t12-,13-/m1/s1. The summed E-state index contributed by atoms with van der Waals surface area (Å²) in [5.41, 5.74) is 0. The molecule has 1 aliphatic rings. The number of carbonyl (C=O) groups excluding carboxylic acids is 1. The number of carbonyl (C=O) groups is 1. The lowest BCUT2D eigenvalue weighted by molar-refractivity contribution is -0.125. The zero-order valence-electron chi connectivity index (χ0n) is 12.2. The average molecular weight is 270 g/mol. The van der Waals surface area contributed by atoms with Crippen LogP contribution in [0.15, 0.2) is 12.2 Å². The largest absolute Gasteiger partial charge is 0.379 e. The number of rotatable bonds is 7. The van der Waals surface area contributed by atoms with Crippen molar-refractivity contribution in [3.05, 3.63) is 12.2 Å². The molecule has 0 radical (unpaired) electrons. The van der Waals surface area contributed by atoms with E-state index in [2.05, 4.69) is 10.2 Å². The molecule has 0 saturated carbocycles. The Kier molecular flexibility index (Phi) is 7.70. The van der Waals surface area contributed by atoms with Gasteiger partial charge in [-0.1, -0.05) is 12.2 Å². The Morgan fingerprint density at radius 2 is 2.32 bits per heavy atom. The first-order chi connectivity index (χ1) is 9.13. The van der Waals surface area contributed by atoms with Crippen LogP contribution in [-0.4, -0.2) is 63.4 Å². The highest BCUT2D eigenvalue weighted by atomic mass is 16.5. The SMILES string of the molecule is C/C=C/CC(=O)N[C@@H]1CCOC[C@H]1OCCN(C)C. The second-order valence-corrected chi connectivity index (χ2v) is 5.02. The Morgan fingerprint density at radius 1 is 1.53 bits per heavy atom. The van der Waals surface area contributed by atoms with Gasteiger partial charge in [0.05, 0.1) is 19.3 Å². The fourth-order valence-electron chi connectivity index (χ4n) is 1.92. The molecule has 19 heavy (non-hydrogen) atoms. The molecule has 1 fully saturated rings. The van der Waals surface area contributed by atoms with Crippen LogP contribution in [0, 0.1) is 0 Å². The smallest absolute Gasteiger partial charge is 0.224 e. The molecule has 0 aliphatic carbocycles. The van der Waals surface area contributed by atoms with Crippen molar-refractivity contribution < 1.29 is 14.3 Å². The molecule has 1 aliphatic heterocycles. The topological polar surface area (TPSA) is 50.8 Å². The van der Waals surface area contributed by atoms with Gasteiger partial charge in [0.2, 0.25) is 5.91 Å². The lowest BCUT2D eigenvalue weighted by atomic mass is 10.1. The fraction of sp³-hybridized carbons (Fsp3) is 0.786. The van der Waals surface area contributed by atoms with E-state index in [1.54, 1.807) is 0 Å². The van der Waals surface area contributed by atoms with E-state index in [1.807, 2.05) is 33.2 Å². The Labute approximate surface area is 115 Å². The van der Waals surface area contributed by atoms with Crippen LogP contribution < -0.4 is 5.32 Å². The summed E-state index contributed by atoms with van der Waals surface area (Å²) < 4.78 is 11.2. The molecule has 5 nitrogen and oxygen atoms in total. The summed E-state index contributed by atoms with van der Waals surface area (Å²) in [5, 5.41) is 3.03. The van der Waals surface area contributed by atoms with Gasteiger partial charge >= 0.3 is 0 Å². The van der Waals surface area contributed by atoms with Crippen molar-refractivity contribution in [3.63, 3.8) is 0 Å². The van der Waals surface area contributed by atoms with E-state index in [0.29, 0.717) is 26.2 Å². The van der Waals surface area contributed by atoms with Crippen LogP contribution in [0.25, 0.3) is 0 Å². The average Bonchev–Trinajstić information content (AvgIpc) is 2.38. The van der Waals surface area contributed by atoms with Gasteiger partial charge in [0.25, 0.3) is 0 Å². The molecule has 5 heteroatoms. The van der Waals surface area contributed by atoms with E-state index in [0.717, 1.165) is 13.0 Å². The van der Waals surface area contributed by atoms with Crippen LogP contribution in [0.4, 0.5) is 0 Å². The molecule has 1 saturated heterocycles. The second-order valence-electron chi connectivity index (χ2n) is 5.02. The number of hydrogen-bond donors (Lipinski definition) is 1. The Hall–Kier alpha value is -0.910. The number of nitrogens with one attached hydrogen (secondary N) is 1. The van der Waals surface area contributed by atoms with Crippen LogP contribution in [-0.2, 0) is 14.3 Å². The van der Waals surface area contributed by atoms with E-state index < -0.39 is 0 Å². The van der Waals surface area contributed by atoms with Crippen LogP contribution in [0.3, 0.4) is 0 Å². The summed E-state index contributed by atoms with van der Waals surface area (Å²) in [5.74, 6) is 0.0474. The van der Waals surface area contributed by atoms with Gasteiger partial charge in [-0.15, -0.1) is 0 Å². The van der Waals surface area contributed by atoms with Crippen molar-refractivity contribution in [1.82, 2.24) is 10.2 Å². The minimum absolute atomic E-state index is 0.0387. The highest BCUT2D eigenvalue weighted by Crippen LogP contribution is 2.11. The predicted molar refractivity (Wildman–Crippen MR) is 75.1 cm³/mol. The van der Waals surface area contributed by atoms with Gasteiger partial charge in [-0.05, 0) is 27.4 Å². The number of allylic oxidation sites excluding steroid dienone is 1. The minimum Gasteiger partial charge on any atom is -0.379 e. The van der Waals surface area contributed by atoms with Gasteiger partial charge in [-0.2, -0.15) is 0 Å². The third-order valence-electron chi connectivity index (χ3n) is 3.06. The monoisotopic (exact) mass is 270 g/mol. The van der Waals surface area contributed by atoms with Crippen molar-refractivity contribution in [1.29, 1.82) is 0 Å². The molecule has 1 heterocycles. The molecular weight excluding hydrogens is 244 g/mol. The molecule has 1 N–H and O–H groups in total. The maximum absolute atomic E-state index is 11.7. The van der Waals surface area contributed by atoms with Crippen molar-refractivity contribution in [2.45, 2.75) is 31.9 Å². The molecule has 1 amide bonds. The third kappa shape index (κ3) is 6.71. The summed E-state index contributed by atoms with van der Waals surface area (Å²) in [6, 6.07) is 0.0636. The first-order valence-corrected chi connectivity index (χ1v) is 6.88. The van der Waals surface area contributed by atoms with E-state index in [-0.39, 0.29) is 18.1 Å². The molecule has 0 unspecified atom stereocenters. The molecule has 0 aromatic heterocycles. The molecule has 110 valence electrons. The van der Waals surface area contributed by atoms with E-state index >= 15 is 0 Å². The van der Waals surface area contributed by atoms with Gasteiger partial charge in [0, 0.05) is 19.6 Å². The molecule has 2 atom stereocenters.